The molecule has 1 saturated heterocycles. The maximum atomic E-state index is 12.7. The first-order valence-electron chi connectivity index (χ1n) is 10.2. The molecule has 0 atom stereocenters. The lowest BCUT2D eigenvalue weighted by Gasteiger charge is -2.35. The predicted octanol–water partition coefficient (Wildman–Crippen LogP) is 4.38. The molecule has 176 valence electrons. The highest BCUT2D eigenvalue weighted by Crippen LogP contribution is 2.29. The number of halogens is 4. The molecule has 1 aromatic carbocycles. The lowest BCUT2D eigenvalue weighted by atomic mass is 10.2. The maximum Gasteiger partial charge on any atom is 0.417 e. The Morgan fingerprint density at radius 1 is 1.06 bits per heavy atom. The molecule has 3 aromatic rings. The zero-order valence-electron chi connectivity index (χ0n) is 17.8. The smallest absolute Gasteiger partial charge is 0.417 e. The van der Waals surface area contributed by atoms with E-state index in [1.807, 2.05) is 16.5 Å². The number of piperazine rings is 1. The van der Waals surface area contributed by atoms with Crippen LogP contribution in [0.1, 0.15) is 11.4 Å². The maximum absolute atomic E-state index is 12.7. The van der Waals surface area contributed by atoms with Crippen molar-refractivity contribution in [1.29, 1.82) is 0 Å². The third-order valence-corrected chi connectivity index (χ3v) is 6.15. The highest BCUT2D eigenvalue weighted by Gasteiger charge is 2.31. The molecule has 4 rings (SSSR count). The van der Waals surface area contributed by atoms with Gasteiger partial charge >= 0.3 is 6.18 Å². The van der Waals surface area contributed by atoms with E-state index in [1.54, 1.807) is 28.9 Å². The van der Waals surface area contributed by atoms with Gasteiger partial charge in [0.25, 0.3) is 0 Å². The van der Waals surface area contributed by atoms with Crippen molar-refractivity contribution in [2.75, 3.05) is 31.1 Å². The summed E-state index contributed by atoms with van der Waals surface area (Å²) in [6.45, 7) is 3.48. The molecule has 0 saturated carbocycles. The number of rotatable bonds is 6. The quantitative estimate of drug-likeness (QED) is 0.470. The number of pyridine rings is 1. The topological polar surface area (TPSA) is 51.4 Å². The van der Waals surface area contributed by atoms with Gasteiger partial charge in [0.05, 0.1) is 12.2 Å². The van der Waals surface area contributed by atoms with Gasteiger partial charge in [0, 0.05) is 44.4 Å². The van der Waals surface area contributed by atoms with Crippen LogP contribution < -0.4 is 9.64 Å². The Labute approximate surface area is 199 Å². The molecule has 3 heterocycles. The number of anilines is 1. The second-order valence-electron chi connectivity index (χ2n) is 7.65. The Morgan fingerprint density at radius 2 is 1.76 bits per heavy atom. The van der Waals surface area contributed by atoms with Gasteiger partial charge in [-0.25, -0.2) is 9.67 Å². The van der Waals surface area contributed by atoms with Crippen molar-refractivity contribution in [3.8, 4) is 5.75 Å². The second-order valence-corrected chi connectivity index (χ2v) is 8.45. The average molecular weight is 499 g/mol. The van der Waals surface area contributed by atoms with Gasteiger partial charge in [-0.1, -0.05) is 11.6 Å². The molecule has 7 nitrogen and oxygen atoms in total. The summed E-state index contributed by atoms with van der Waals surface area (Å²) in [7, 11) is 1.85. The molecule has 0 N–H and O–H groups in total. The van der Waals surface area contributed by atoms with Crippen LogP contribution in [0, 0.1) is 4.77 Å². The molecular formula is C21H22ClF3N6OS. The van der Waals surface area contributed by atoms with Crippen LogP contribution in [0.3, 0.4) is 0 Å². The van der Waals surface area contributed by atoms with Gasteiger partial charge in [0.15, 0.2) is 10.6 Å². The van der Waals surface area contributed by atoms with Crippen molar-refractivity contribution in [2.24, 2.45) is 7.05 Å². The Balaban J connectivity index is 1.33. The second kappa shape index (κ2) is 9.70. The molecule has 12 heteroatoms. The standard InChI is InChI=1S/C21H22ClF3N6OS/c1-28-19(13-32-17-5-3-16(22)4-6-17)27-31(20(28)33)14-29-8-10-30(11-9-29)18-7-2-15(12-26-18)21(23,24)25/h2-7,12H,8-11,13-14H2,1H3. The van der Waals surface area contributed by atoms with E-state index < -0.39 is 11.7 Å². The first-order chi connectivity index (χ1) is 15.7. The van der Waals surface area contributed by atoms with Crippen LogP contribution in [0.15, 0.2) is 42.6 Å². The van der Waals surface area contributed by atoms with Crippen molar-refractivity contribution in [3.05, 3.63) is 63.8 Å². The first-order valence-corrected chi connectivity index (χ1v) is 11.0. The van der Waals surface area contributed by atoms with E-state index in [0.29, 0.717) is 60.0 Å². The van der Waals surface area contributed by atoms with E-state index >= 15 is 0 Å². The normalized spacial score (nSPS) is 15.1. The summed E-state index contributed by atoms with van der Waals surface area (Å²) in [5, 5.41) is 5.23. The largest absolute Gasteiger partial charge is 0.486 e. The predicted molar refractivity (Wildman–Crippen MR) is 121 cm³/mol. The molecule has 1 aliphatic rings. The Hall–Kier alpha value is -2.63. The minimum Gasteiger partial charge on any atom is -0.486 e. The monoisotopic (exact) mass is 498 g/mol. The van der Waals surface area contributed by atoms with E-state index in [9.17, 15) is 13.2 Å². The van der Waals surface area contributed by atoms with Crippen molar-refractivity contribution >= 4 is 29.6 Å². The Kier molecular flexibility index (Phi) is 6.91. The van der Waals surface area contributed by atoms with Gasteiger partial charge in [-0.2, -0.15) is 18.3 Å². The number of ether oxygens (including phenoxy) is 1. The minimum absolute atomic E-state index is 0.266. The van der Waals surface area contributed by atoms with Crippen LogP contribution >= 0.6 is 23.8 Å². The van der Waals surface area contributed by atoms with Crippen LogP contribution in [0.4, 0.5) is 19.0 Å². The van der Waals surface area contributed by atoms with Crippen LogP contribution in [0.2, 0.25) is 5.02 Å². The summed E-state index contributed by atoms with van der Waals surface area (Å²) < 4.78 is 48.1. The highest BCUT2D eigenvalue weighted by molar-refractivity contribution is 7.71. The molecule has 0 bridgehead atoms. The average Bonchev–Trinajstić information content (AvgIpc) is 3.06. The first kappa shape index (κ1) is 23.5. The van der Waals surface area contributed by atoms with Gasteiger partial charge in [0.1, 0.15) is 18.2 Å². The fourth-order valence-electron chi connectivity index (χ4n) is 3.48. The highest BCUT2D eigenvalue weighted by atomic mass is 35.5. The van der Waals surface area contributed by atoms with Crippen molar-refractivity contribution in [1.82, 2.24) is 24.2 Å². The van der Waals surface area contributed by atoms with Gasteiger partial charge in [-0.15, -0.1) is 0 Å². The van der Waals surface area contributed by atoms with Crippen molar-refractivity contribution < 1.29 is 17.9 Å². The molecule has 0 spiro atoms. The number of alkyl halides is 3. The van der Waals surface area contributed by atoms with Crippen LogP contribution in [-0.4, -0.2) is 50.4 Å². The molecule has 1 aliphatic heterocycles. The van der Waals surface area contributed by atoms with Gasteiger partial charge in [-0.05, 0) is 48.6 Å². The summed E-state index contributed by atoms with van der Waals surface area (Å²) in [5.41, 5.74) is -0.745. The number of benzene rings is 1. The number of hydrogen-bond acceptors (Lipinski definition) is 6. The zero-order valence-corrected chi connectivity index (χ0v) is 19.4. The minimum atomic E-state index is -4.38. The van der Waals surface area contributed by atoms with E-state index in [1.165, 1.54) is 6.07 Å². The lowest BCUT2D eigenvalue weighted by Crippen LogP contribution is -2.47. The van der Waals surface area contributed by atoms with Gasteiger partial charge < -0.3 is 14.2 Å². The van der Waals surface area contributed by atoms with Crippen LogP contribution in [-0.2, 0) is 26.5 Å². The molecule has 2 aromatic heterocycles. The molecule has 33 heavy (non-hydrogen) atoms. The summed E-state index contributed by atoms with van der Waals surface area (Å²) in [5.74, 6) is 1.93. The summed E-state index contributed by atoms with van der Waals surface area (Å²) in [4.78, 5) is 8.15. The number of hydrogen-bond donors (Lipinski definition) is 0. The van der Waals surface area contributed by atoms with E-state index in [0.717, 1.165) is 12.3 Å². The summed E-state index contributed by atoms with van der Waals surface area (Å²) in [6, 6.07) is 9.58. The molecule has 0 unspecified atom stereocenters. The molecule has 0 radical (unpaired) electrons. The van der Waals surface area contributed by atoms with Gasteiger partial charge in [0.2, 0.25) is 0 Å². The molecule has 1 fully saturated rings. The number of nitrogens with zero attached hydrogens (tertiary/aromatic N) is 6. The van der Waals surface area contributed by atoms with E-state index in [4.69, 9.17) is 28.6 Å². The lowest BCUT2D eigenvalue weighted by molar-refractivity contribution is -0.137. The zero-order chi connectivity index (χ0) is 23.6. The molecule has 0 aliphatic carbocycles. The summed E-state index contributed by atoms with van der Waals surface area (Å²) >= 11 is 11.4. The van der Waals surface area contributed by atoms with E-state index in [-0.39, 0.29) is 6.61 Å². The number of aromatic nitrogens is 4. The third-order valence-electron chi connectivity index (χ3n) is 5.42. The van der Waals surface area contributed by atoms with Crippen LogP contribution in [0.5, 0.6) is 5.75 Å². The van der Waals surface area contributed by atoms with Crippen LogP contribution in [0.25, 0.3) is 0 Å². The fraction of sp³-hybridized carbons (Fsp3) is 0.381. The Bertz CT molecular complexity index is 1140. The fourth-order valence-corrected chi connectivity index (χ4v) is 3.81. The van der Waals surface area contributed by atoms with Crippen molar-refractivity contribution in [2.45, 2.75) is 19.5 Å². The summed E-state index contributed by atoms with van der Waals surface area (Å²) in [6.07, 6.45) is -3.51. The van der Waals surface area contributed by atoms with Crippen molar-refractivity contribution in [3.63, 3.8) is 0 Å². The Morgan fingerprint density at radius 3 is 2.36 bits per heavy atom. The van der Waals surface area contributed by atoms with E-state index in [2.05, 4.69) is 15.0 Å². The SMILES string of the molecule is Cn1c(COc2ccc(Cl)cc2)nn(CN2CCN(c3ccc(C(F)(F)F)cn3)CC2)c1=S. The van der Waals surface area contributed by atoms with Gasteiger partial charge in [-0.3, -0.25) is 4.90 Å². The molecule has 0 amide bonds. The molecular weight excluding hydrogens is 477 g/mol. The third kappa shape index (κ3) is 5.66.